The lowest BCUT2D eigenvalue weighted by molar-refractivity contribution is -0.144. The second-order valence-electron chi connectivity index (χ2n) is 10.5. The molecule has 2 N–H and O–H groups in total. The first kappa shape index (κ1) is 32.9. The quantitative estimate of drug-likeness (QED) is 0.365. The summed E-state index contributed by atoms with van der Waals surface area (Å²) in [6, 6.07) is 2.19. The Balaban J connectivity index is 0.00000352. The van der Waals surface area contributed by atoms with E-state index < -0.39 is 17.5 Å². The third-order valence-electron chi connectivity index (χ3n) is 7.68. The molecule has 0 aromatic carbocycles. The standard InChI is InChI=1S/C29H42N4O3.C2H6/c1-8-12-14-21(13-9-2)28(36)33-18-19(5)29(6,7)25(33)27(35)31-23(17-30)16-22-15-20(10-3)24(11-4)32-26(22)34;1-2/h10-11,15,19,21,23,25H,3-4,8-9,12-14,16,18H2,1-2,5-7H3,(H,31,35)(H,32,34);1-2H3. The van der Waals surface area contributed by atoms with Crippen LogP contribution >= 0.6 is 0 Å². The van der Waals surface area contributed by atoms with Crippen molar-refractivity contribution in [2.24, 2.45) is 17.3 Å². The van der Waals surface area contributed by atoms with E-state index in [-0.39, 0.29) is 35.6 Å². The second-order valence-corrected chi connectivity index (χ2v) is 10.5. The highest BCUT2D eigenvalue weighted by Crippen LogP contribution is 2.42. The van der Waals surface area contributed by atoms with E-state index in [0.29, 0.717) is 23.4 Å². The average molecular weight is 525 g/mol. The van der Waals surface area contributed by atoms with Crippen LogP contribution in [0, 0.1) is 28.6 Å². The van der Waals surface area contributed by atoms with Gasteiger partial charge in [0.05, 0.1) is 6.07 Å². The molecule has 1 aliphatic rings. The Bertz CT molecular complexity index is 1070. The Labute approximate surface area is 229 Å². The molecule has 2 heterocycles. The highest BCUT2D eigenvalue weighted by molar-refractivity contribution is 5.90. The number of amides is 2. The van der Waals surface area contributed by atoms with Crippen LogP contribution in [0.1, 0.15) is 97.4 Å². The molecule has 4 atom stereocenters. The molecular weight excluding hydrogens is 476 g/mol. The van der Waals surface area contributed by atoms with Gasteiger partial charge in [-0.3, -0.25) is 14.4 Å². The number of aromatic amines is 1. The van der Waals surface area contributed by atoms with E-state index in [0.717, 1.165) is 32.1 Å². The van der Waals surface area contributed by atoms with Crippen molar-refractivity contribution in [3.05, 3.63) is 46.4 Å². The van der Waals surface area contributed by atoms with Crippen LogP contribution < -0.4 is 10.9 Å². The third kappa shape index (κ3) is 7.69. The predicted octanol–water partition coefficient (Wildman–Crippen LogP) is 5.72. The molecule has 0 saturated carbocycles. The lowest BCUT2D eigenvalue weighted by Gasteiger charge is -2.34. The maximum Gasteiger partial charge on any atom is 0.251 e. The minimum Gasteiger partial charge on any atom is -0.338 e. The normalized spacial score (nSPS) is 19.4. The van der Waals surface area contributed by atoms with Gasteiger partial charge in [0.1, 0.15) is 12.1 Å². The number of nitrogens with zero attached hydrogens (tertiary/aromatic N) is 2. The Hall–Kier alpha value is -3.14. The largest absolute Gasteiger partial charge is 0.338 e. The van der Waals surface area contributed by atoms with Gasteiger partial charge in [0.15, 0.2) is 0 Å². The number of carbonyl (C=O) groups is 2. The van der Waals surface area contributed by atoms with Gasteiger partial charge < -0.3 is 15.2 Å². The molecule has 1 aromatic heterocycles. The highest BCUT2D eigenvalue weighted by Gasteiger charge is 2.52. The van der Waals surface area contributed by atoms with Crippen LogP contribution in [0.2, 0.25) is 0 Å². The van der Waals surface area contributed by atoms with Gasteiger partial charge in [0, 0.05) is 30.1 Å². The Kier molecular flexibility index (Phi) is 13.3. The van der Waals surface area contributed by atoms with E-state index in [1.807, 2.05) is 27.7 Å². The van der Waals surface area contributed by atoms with Crippen molar-refractivity contribution in [3.8, 4) is 6.07 Å². The maximum absolute atomic E-state index is 13.6. The summed E-state index contributed by atoms with van der Waals surface area (Å²) < 4.78 is 0. The topological polar surface area (TPSA) is 106 Å². The molecule has 2 amide bonds. The summed E-state index contributed by atoms with van der Waals surface area (Å²) in [6.07, 6.45) is 7.70. The molecule has 0 radical (unpaired) electrons. The number of carbonyl (C=O) groups excluding carboxylic acids is 2. The number of nitrogens with one attached hydrogen (secondary N) is 2. The van der Waals surface area contributed by atoms with Gasteiger partial charge in [-0.1, -0.05) is 87.0 Å². The molecule has 1 saturated heterocycles. The summed E-state index contributed by atoms with van der Waals surface area (Å²) in [7, 11) is 0. The van der Waals surface area contributed by atoms with Gasteiger partial charge in [0.25, 0.3) is 5.56 Å². The van der Waals surface area contributed by atoms with Crippen molar-refractivity contribution in [2.45, 2.75) is 99.1 Å². The summed E-state index contributed by atoms with van der Waals surface area (Å²) >= 11 is 0. The SMILES string of the molecule is C=Cc1cc(CC(C#N)NC(=O)C2N(C(=O)C(CCC)CCCC)CC(C)C2(C)C)c(=O)[nH]c1C=C.CC. The first-order valence-electron chi connectivity index (χ1n) is 14.1. The van der Waals surface area contributed by atoms with E-state index in [9.17, 15) is 19.6 Å². The van der Waals surface area contributed by atoms with Crippen LogP contribution in [0.5, 0.6) is 0 Å². The zero-order chi connectivity index (χ0) is 29.0. The van der Waals surface area contributed by atoms with Gasteiger partial charge >= 0.3 is 0 Å². The third-order valence-corrected chi connectivity index (χ3v) is 7.68. The summed E-state index contributed by atoms with van der Waals surface area (Å²) in [5.74, 6) is -0.297. The summed E-state index contributed by atoms with van der Waals surface area (Å²) in [5, 5.41) is 12.6. The summed E-state index contributed by atoms with van der Waals surface area (Å²) in [4.78, 5) is 44.3. The van der Waals surface area contributed by atoms with Crippen LogP contribution in [0.25, 0.3) is 12.2 Å². The van der Waals surface area contributed by atoms with Crippen LogP contribution in [-0.2, 0) is 16.0 Å². The number of nitriles is 1. The molecule has 0 aliphatic carbocycles. The van der Waals surface area contributed by atoms with E-state index in [1.165, 1.54) is 6.08 Å². The number of H-pyrrole nitrogens is 1. The fourth-order valence-corrected chi connectivity index (χ4v) is 5.12. The number of aromatic nitrogens is 1. The first-order chi connectivity index (χ1) is 18.0. The van der Waals surface area contributed by atoms with Gasteiger partial charge in [-0.15, -0.1) is 0 Å². The fraction of sp³-hybridized carbons (Fsp3) is 0.613. The van der Waals surface area contributed by atoms with Crippen molar-refractivity contribution in [2.75, 3.05) is 6.54 Å². The molecule has 1 aliphatic heterocycles. The van der Waals surface area contributed by atoms with Crippen molar-refractivity contribution in [3.63, 3.8) is 0 Å². The highest BCUT2D eigenvalue weighted by atomic mass is 16.2. The van der Waals surface area contributed by atoms with Gasteiger partial charge in [-0.05, 0) is 41.9 Å². The molecule has 38 heavy (non-hydrogen) atoms. The number of hydrogen-bond acceptors (Lipinski definition) is 4. The maximum atomic E-state index is 13.6. The molecular formula is C31H48N4O3. The number of likely N-dealkylation sites (tertiary alicyclic amines) is 1. The van der Waals surface area contributed by atoms with Crippen molar-refractivity contribution in [1.29, 1.82) is 5.26 Å². The first-order valence-corrected chi connectivity index (χ1v) is 14.1. The Morgan fingerprint density at radius 1 is 1.24 bits per heavy atom. The molecule has 7 nitrogen and oxygen atoms in total. The van der Waals surface area contributed by atoms with Gasteiger partial charge in [-0.25, -0.2) is 0 Å². The molecule has 0 bridgehead atoms. The Morgan fingerprint density at radius 2 is 1.89 bits per heavy atom. The predicted molar refractivity (Wildman–Crippen MR) is 156 cm³/mol. The molecule has 0 spiro atoms. The molecule has 1 fully saturated rings. The van der Waals surface area contributed by atoms with Crippen LogP contribution in [0.15, 0.2) is 24.0 Å². The van der Waals surface area contributed by atoms with Crippen LogP contribution in [0.3, 0.4) is 0 Å². The fourth-order valence-electron chi connectivity index (χ4n) is 5.12. The average Bonchev–Trinajstić information content (AvgIpc) is 3.15. The number of hydrogen-bond donors (Lipinski definition) is 2. The smallest absolute Gasteiger partial charge is 0.251 e. The molecule has 4 unspecified atom stereocenters. The van der Waals surface area contributed by atoms with Crippen LogP contribution in [-0.4, -0.2) is 40.3 Å². The minimum atomic E-state index is -0.916. The number of pyridine rings is 1. The second kappa shape index (κ2) is 15.3. The zero-order valence-corrected chi connectivity index (χ0v) is 24.5. The van der Waals surface area contributed by atoms with Crippen molar-refractivity contribution < 1.29 is 9.59 Å². The lowest BCUT2D eigenvalue weighted by Crippen LogP contribution is -2.54. The summed E-state index contributed by atoms with van der Waals surface area (Å²) in [5.41, 5.74) is 0.822. The number of rotatable bonds is 12. The van der Waals surface area contributed by atoms with E-state index in [2.05, 4.69) is 50.3 Å². The lowest BCUT2D eigenvalue weighted by atomic mass is 9.77. The monoisotopic (exact) mass is 524 g/mol. The van der Waals surface area contributed by atoms with Gasteiger partial charge in [-0.2, -0.15) is 5.26 Å². The van der Waals surface area contributed by atoms with Crippen LogP contribution in [0.4, 0.5) is 0 Å². The van der Waals surface area contributed by atoms with E-state index in [4.69, 9.17) is 0 Å². The van der Waals surface area contributed by atoms with Crippen molar-refractivity contribution in [1.82, 2.24) is 15.2 Å². The van der Waals surface area contributed by atoms with Gasteiger partial charge in [0.2, 0.25) is 11.8 Å². The minimum absolute atomic E-state index is 0.0310. The zero-order valence-electron chi connectivity index (χ0n) is 24.5. The van der Waals surface area contributed by atoms with E-state index >= 15 is 0 Å². The van der Waals surface area contributed by atoms with E-state index in [1.54, 1.807) is 17.0 Å². The summed E-state index contributed by atoms with van der Waals surface area (Å²) in [6.45, 7) is 22.2. The molecule has 210 valence electrons. The molecule has 1 aromatic rings. The molecule has 7 heteroatoms. The molecule has 2 rings (SSSR count). The van der Waals surface area contributed by atoms with Crippen molar-refractivity contribution >= 4 is 24.0 Å². The number of unbranched alkanes of at least 4 members (excludes halogenated alkanes) is 1. The Morgan fingerprint density at radius 3 is 2.42 bits per heavy atom.